The van der Waals surface area contributed by atoms with E-state index in [1.807, 2.05) is 6.07 Å². The topological polar surface area (TPSA) is 96.0 Å². The third kappa shape index (κ3) is 4.01. The molecular formula is C18H15ClN4O3. The standard InChI is InChI=1S/C18H15ClN4O3/c19-14-5-2-1-4-12(14)10-23-11-13(7-8-16(23)24)17(25)21-22-18(26)15-6-3-9-20-15/h1-9,11,20H,10H2,(H,21,25)(H,22,26). The Labute approximate surface area is 153 Å². The van der Waals surface area contributed by atoms with Crippen LogP contribution in [0.15, 0.2) is 65.7 Å². The molecule has 132 valence electrons. The molecule has 0 saturated heterocycles. The smallest absolute Gasteiger partial charge is 0.286 e. The van der Waals surface area contributed by atoms with Gasteiger partial charge in [-0.05, 0) is 29.8 Å². The van der Waals surface area contributed by atoms with Crippen molar-refractivity contribution < 1.29 is 9.59 Å². The summed E-state index contributed by atoms with van der Waals surface area (Å²) in [6.45, 7) is 0.231. The molecule has 0 aliphatic heterocycles. The highest BCUT2D eigenvalue weighted by atomic mass is 35.5. The van der Waals surface area contributed by atoms with Crippen LogP contribution in [0.4, 0.5) is 0 Å². The number of aromatic amines is 1. The van der Waals surface area contributed by atoms with Gasteiger partial charge in [-0.2, -0.15) is 0 Å². The van der Waals surface area contributed by atoms with Crippen molar-refractivity contribution in [1.82, 2.24) is 20.4 Å². The third-order valence-corrected chi connectivity index (χ3v) is 4.05. The van der Waals surface area contributed by atoms with E-state index in [1.54, 1.807) is 36.5 Å². The van der Waals surface area contributed by atoms with Gasteiger partial charge in [0.25, 0.3) is 17.4 Å². The minimum Gasteiger partial charge on any atom is -0.357 e. The Balaban J connectivity index is 1.72. The van der Waals surface area contributed by atoms with Crippen LogP contribution in [-0.2, 0) is 6.54 Å². The number of hydrogen-bond acceptors (Lipinski definition) is 3. The van der Waals surface area contributed by atoms with Gasteiger partial charge in [-0.1, -0.05) is 29.8 Å². The molecule has 0 fully saturated rings. The SMILES string of the molecule is O=C(NNC(=O)c1ccc[nH]1)c1ccc(=O)n(Cc2ccccc2Cl)c1. The Bertz CT molecular complexity index is 996. The van der Waals surface area contributed by atoms with Gasteiger partial charge in [0, 0.05) is 23.5 Å². The molecule has 26 heavy (non-hydrogen) atoms. The molecule has 3 aromatic rings. The fourth-order valence-corrected chi connectivity index (χ4v) is 2.52. The maximum absolute atomic E-state index is 12.2. The molecule has 0 aliphatic carbocycles. The Kier molecular flexibility index (Phi) is 5.19. The number of carbonyl (C=O) groups excluding carboxylic acids is 2. The van der Waals surface area contributed by atoms with Crippen LogP contribution < -0.4 is 16.4 Å². The van der Waals surface area contributed by atoms with E-state index >= 15 is 0 Å². The van der Waals surface area contributed by atoms with E-state index in [0.29, 0.717) is 10.7 Å². The molecule has 3 rings (SSSR count). The first-order chi connectivity index (χ1) is 12.5. The average molecular weight is 371 g/mol. The zero-order valence-electron chi connectivity index (χ0n) is 13.5. The maximum atomic E-state index is 12.2. The molecule has 2 aromatic heterocycles. The summed E-state index contributed by atoms with van der Waals surface area (Å²) in [5.41, 5.74) is 5.64. The number of aromatic nitrogens is 2. The Hall–Kier alpha value is -3.32. The van der Waals surface area contributed by atoms with Gasteiger partial charge in [0.2, 0.25) is 0 Å². The van der Waals surface area contributed by atoms with Crippen LogP contribution >= 0.6 is 11.6 Å². The van der Waals surface area contributed by atoms with Crippen molar-refractivity contribution in [2.24, 2.45) is 0 Å². The number of benzene rings is 1. The second kappa shape index (κ2) is 7.71. The van der Waals surface area contributed by atoms with Gasteiger partial charge in [0.1, 0.15) is 5.69 Å². The number of nitrogens with zero attached hydrogens (tertiary/aromatic N) is 1. The van der Waals surface area contributed by atoms with Gasteiger partial charge in [0.15, 0.2) is 0 Å². The van der Waals surface area contributed by atoms with Crippen molar-refractivity contribution in [2.75, 3.05) is 0 Å². The molecule has 0 radical (unpaired) electrons. The largest absolute Gasteiger partial charge is 0.357 e. The molecular weight excluding hydrogens is 356 g/mol. The summed E-state index contributed by atoms with van der Waals surface area (Å²) in [5, 5.41) is 0.535. The third-order valence-electron chi connectivity index (χ3n) is 3.68. The number of amides is 2. The molecule has 0 saturated carbocycles. The summed E-state index contributed by atoms with van der Waals surface area (Å²) in [7, 11) is 0. The van der Waals surface area contributed by atoms with Gasteiger partial charge in [-0.3, -0.25) is 25.2 Å². The monoisotopic (exact) mass is 370 g/mol. The number of hydrazine groups is 1. The Morgan fingerprint density at radius 2 is 1.77 bits per heavy atom. The van der Waals surface area contributed by atoms with E-state index in [2.05, 4.69) is 15.8 Å². The minimum atomic E-state index is -0.544. The minimum absolute atomic E-state index is 0.225. The summed E-state index contributed by atoms with van der Waals surface area (Å²) < 4.78 is 1.38. The van der Waals surface area contributed by atoms with E-state index in [4.69, 9.17) is 11.6 Å². The normalized spacial score (nSPS) is 10.3. The van der Waals surface area contributed by atoms with E-state index in [9.17, 15) is 14.4 Å². The van der Waals surface area contributed by atoms with Crippen LogP contribution in [0.3, 0.4) is 0 Å². The second-order valence-electron chi connectivity index (χ2n) is 5.47. The molecule has 2 amide bonds. The molecule has 7 nitrogen and oxygen atoms in total. The summed E-state index contributed by atoms with van der Waals surface area (Å²) in [6.07, 6.45) is 3.02. The first-order valence-electron chi connectivity index (χ1n) is 7.72. The summed E-state index contributed by atoms with van der Waals surface area (Å²) in [4.78, 5) is 38.8. The van der Waals surface area contributed by atoms with Crippen molar-refractivity contribution >= 4 is 23.4 Å². The predicted molar refractivity (Wildman–Crippen MR) is 97.0 cm³/mol. The van der Waals surface area contributed by atoms with Gasteiger partial charge in [-0.25, -0.2) is 0 Å². The number of halogens is 1. The van der Waals surface area contributed by atoms with Crippen LogP contribution in [0.1, 0.15) is 26.4 Å². The van der Waals surface area contributed by atoms with Gasteiger partial charge in [-0.15, -0.1) is 0 Å². The molecule has 0 aliphatic rings. The van der Waals surface area contributed by atoms with E-state index in [1.165, 1.54) is 22.9 Å². The molecule has 1 aromatic carbocycles. The van der Waals surface area contributed by atoms with E-state index in [-0.39, 0.29) is 17.7 Å². The second-order valence-corrected chi connectivity index (χ2v) is 5.87. The average Bonchev–Trinajstić information content (AvgIpc) is 3.18. The molecule has 8 heteroatoms. The van der Waals surface area contributed by atoms with E-state index in [0.717, 1.165) is 5.56 Å². The zero-order valence-corrected chi connectivity index (χ0v) is 14.3. The first-order valence-corrected chi connectivity index (χ1v) is 8.10. The molecule has 0 spiro atoms. The Morgan fingerprint density at radius 1 is 1.00 bits per heavy atom. The van der Waals surface area contributed by atoms with Gasteiger partial charge < -0.3 is 9.55 Å². The number of H-pyrrole nitrogens is 1. The van der Waals surface area contributed by atoms with Crippen LogP contribution in [0.2, 0.25) is 5.02 Å². The number of nitrogens with one attached hydrogen (secondary N) is 3. The van der Waals surface area contributed by atoms with E-state index < -0.39 is 11.8 Å². The van der Waals surface area contributed by atoms with Crippen molar-refractivity contribution in [2.45, 2.75) is 6.54 Å². The lowest BCUT2D eigenvalue weighted by Crippen LogP contribution is -2.42. The number of hydrogen-bond donors (Lipinski definition) is 3. The molecule has 0 unspecified atom stereocenters. The van der Waals surface area contributed by atoms with Crippen molar-refractivity contribution in [3.05, 3.63) is 93.1 Å². The van der Waals surface area contributed by atoms with Crippen LogP contribution in [0.5, 0.6) is 0 Å². The lowest BCUT2D eigenvalue weighted by Gasteiger charge is -2.10. The quantitative estimate of drug-likeness (QED) is 0.612. The highest BCUT2D eigenvalue weighted by Crippen LogP contribution is 2.15. The first kappa shape index (κ1) is 17.5. The van der Waals surface area contributed by atoms with Crippen molar-refractivity contribution in [3.8, 4) is 0 Å². The number of pyridine rings is 1. The van der Waals surface area contributed by atoms with Gasteiger partial charge >= 0.3 is 0 Å². The molecule has 0 bridgehead atoms. The van der Waals surface area contributed by atoms with Crippen LogP contribution in [0, 0.1) is 0 Å². The fraction of sp³-hybridized carbons (Fsp3) is 0.0556. The lowest BCUT2D eigenvalue weighted by atomic mass is 10.2. The molecule has 3 N–H and O–H groups in total. The van der Waals surface area contributed by atoms with Crippen LogP contribution in [0.25, 0.3) is 0 Å². The van der Waals surface area contributed by atoms with Gasteiger partial charge in [0.05, 0.1) is 12.1 Å². The fourth-order valence-electron chi connectivity index (χ4n) is 2.32. The molecule has 0 atom stereocenters. The van der Waals surface area contributed by atoms with Crippen LogP contribution in [-0.4, -0.2) is 21.4 Å². The summed E-state index contributed by atoms with van der Waals surface area (Å²) in [5.74, 6) is -1.02. The summed E-state index contributed by atoms with van der Waals surface area (Å²) in [6, 6.07) is 13.1. The zero-order chi connectivity index (χ0) is 18.5. The lowest BCUT2D eigenvalue weighted by molar-refractivity contribution is 0.0844. The Morgan fingerprint density at radius 3 is 2.50 bits per heavy atom. The van der Waals surface area contributed by atoms with Crippen molar-refractivity contribution in [3.63, 3.8) is 0 Å². The number of rotatable bonds is 4. The predicted octanol–water partition coefficient (Wildman–Crippen LogP) is 1.95. The maximum Gasteiger partial charge on any atom is 0.286 e. The highest BCUT2D eigenvalue weighted by molar-refractivity contribution is 6.31. The van der Waals surface area contributed by atoms with Crippen molar-refractivity contribution in [1.29, 1.82) is 0 Å². The highest BCUT2D eigenvalue weighted by Gasteiger charge is 2.11. The molecule has 2 heterocycles. The summed E-state index contributed by atoms with van der Waals surface area (Å²) >= 11 is 6.12. The number of carbonyl (C=O) groups is 2.